The second-order valence-electron chi connectivity index (χ2n) is 5.29. The van der Waals surface area contributed by atoms with Crippen LogP contribution in [0.15, 0.2) is 49.1 Å². The van der Waals surface area contributed by atoms with Gasteiger partial charge in [-0.1, -0.05) is 11.6 Å². The van der Waals surface area contributed by atoms with Crippen molar-refractivity contribution < 1.29 is 4.39 Å². The Labute approximate surface area is 141 Å². The number of benzene rings is 1. The lowest BCUT2D eigenvalue weighted by atomic mass is 10.0. The van der Waals surface area contributed by atoms with Crippen LogP contribution in [-0.4, -0.2) is 20.2 Å². The number of rotatable bonds is 2. The van der Waals surface area contributed by atoms with Crippen LogP contribution < -0.4 is 5.73 Å². The number of aromatic nitrogens is 4. The molecule has 24 heavy (non-hydrogen) atoms. The molecule has 0 saturated heterocycles. The predicted octanol–water partition coefficient (Wildman–Crippen LogP) is 4.06. The van der Waals surface area contributed by atoms with Crippen molar-refractivity contribution in [1.82, 2.24) is 20.2 Å². The molecule has 1 aromatic carbocycles. The minimum atomic E-state index is -0.369. The van der Waals surface area contributed by atoms with Crippen molar-refractivity contribution in [1.29, 1.82) is 0 Å². The van der Waals surface area contributed by atoms with Gasteiger partial charge in [0.25, 0.3) is 0 Å². The molecule has 0 bridgehead atoms. The van der Waals surface area contributed by atoms with Gasteiger partial charge in [-0.15, -0.1) is 0 Å². The van der Waals surface area contributed by atoms with Crippen LogP contribution in [0.3, 0.4) is 0 Å². The Morgan fingerprint density at radius 1 is 1.00 bits per heavy atom. The van der Waals surface area contributed by atoms with Gasteiger partial charge in [0.2, 0.25) is 0 Å². The third kappa shape index (κ3) is 2.37. The molecular formula is C17H11ClFN5. The van der Waals surface area contributed by atoms with E-state index < -0.39 is 0 Å². The van der Waals surface area contributed by atoms with Gasteiger partial charge in [0.15, 0.2) is 0 Å². The van der Waals surface area contributed by atoms with Crippen molar-refractivity contribution >= 4 is 28.2 Å². The van der Waals surface area contributed by atoms with Crippen LogP contribution in [0.25, 0.3) is 33.2 Å². The molecule has 0 aliphatic rings. The summed E-state index contributed by atoms with van der Waals surface area (Å²) in [6.45, 7) is 0. The molecule has 0 fully saturated rings. The average molecular weight is 340 g/mol. The third-order valence-corrected chi connectivity index (χ3v) is 4.15. The molecule has 7 heteroatoms. The number of fused-ring (bicyclic) bond motifs is 1. The molecule has 3 heterocycles. The molecule has 0 aliphatic carbocycles. The van der Waals surface area contributed by atoms with Gasteiger partial charge in [-0.3, -0.25) is 10.1 Å². The highest BCUT2D eigenvalue weighted by atomic mass is 35.5. The second kappa shape index (κ2) is 5.58. The number of hydrogen-bond acceptors (Lipinski definition) is 4. The first-order valence-corrected chi connectivity index (χ1v) is 7.50. The molecule has 3 aromatic heterocycles. The predicted molar refractivity (Wildman–Crippen MR) is 91.9 cm³/mol. The van der Waals surface area contributed by atoms with Gasteiger partial charge in [-0.2, -0.15) is 5.10 Å². The first-order chi connectivity index (χ1) is 11.6. The number of nitrogens with zero attached hydrogens (tertiary/aromatic N) is 3. The molecule has 0 amide bonds. The van der Waals surface area contributed by atoms with Crippen molar-refractivity contribution in [3.05, 3.63) is 59.9 Å². The van der Waals surface area contributed by atoms with E-state index in [4.69, 9.17) is 17.3 Å². The fourth-order valence-corrected chi connectivity index (χ4v) is 2.78. The van der Waals surface area contributed by atoms with Crippen LogP contribution in [-0.2, 0) is 0 Å². The van der Waals surface area contributed by atoms with E-state index in [2.05, 4.69) is 20.2 Å². The van der Waals surface area contributed by atoms with E-state index in [1.807, 2.05) is 6.07 Å². The largest absolute Gasteiger partial charge is 0.383 e. The lowest BCUT2D eigenvalue weighted by Crippen LogP contribution is -1.96. The van der Waals surface area contributed by atoms with Crippen molar-refractivity contribution in [2.45, 2.75) is 0 Å². The lowest BCUT2D eigenvalue weighted by Gasteiger charge is -2.09. The van der Waals surface area contributed by atoms with Crippen LogP contribution >= 0.6 is 11.6 Å². The maximum absolute atomic E-state index is 13.9. The van der Waals surface area contributed by atoms with E-state index in [0.29, 0.717) is 32.9 Å². The van der Waals surface area contributed by atoms with Crippen molar-refractivity contribution in [2.24, 2.45) is 0 Å². The van der Waals surface area contributed by atoms with E-state index in [9.17, 15) is 4.39 Å². The minimum Gasteiger partial charge on any atom is -0.383 e. The highest BCUT2D eigenvalue weighted by Gasteiger charge is 2.12. The number of anilines is 1. The fraction of sp³-hybridized carbons (Fsp3) is 0. The summed E-state index contributed by atoms with van der Waals surface area (Å²) in [6, 6.07) is 6.43. The van der Waals surface area contributed by atoms with Crippen molar-refractivity contribution in [3.8, 4) is 22.4 Å². The number of nitrogens with one attached hydrogen (secondary N) is 1. The summed E-state index contributed by atoms with van der Waals surface area (Å²) in [5, 5.41) is 8.08. The fourth-order valence-electron chi connectivity index (χ4n) is 2.56. The van der Waals surface area contributed by atoms with Gasteiger partial charge < -0.3 is 5.73 Å². The summed E-state index contributed by atoms with van der Waals surface area (Å²) in [6.07, 6.45) is 6.57. The summed E-state index contributed by atoms with van der Waals surface area (Å²) in [7, 11) is 0. The number of nitrogens with two attached hydrogens (primary N) is 1. The number of hydrogen-bond donors (Lipinski definition) is 2. The van der Waals surface area contributed by atoms with Crippen LogP contribution in [0, 0.1) is 5.82 Å². The normalized spacial score (nSPS) is 11.1. The van der Waals surface area contributed by atoms with Crippen molar-refractivity contribution in [3.63, 3.8) is 0 Å². The van der Waals surface area contributed by atoms with E-state index >= 15 is 0 Å². The van der Waals surface area contributed by atoms with Gasteiger partial charge in [0.1, 0.15) is 11.6 Å². The van der Waals surface area contributed by atoms with Crippen molar-refractivity contribution in [2.75, 3.05) is 5.73 Å². The molecule has 5 nitrogen and oxygen atoms in total. The highest BCUT2D eigenvalue weighted by Crippen LogP contribution is 2.32. The van der Waals surface area contributed by atoms with E-state index in [1.165, 1.54) is 18.3 Å². The molecular weight excluding hydrogens is 329 g/mol. The molecule has 0 radical (unpaired) electrons. The Morgan fingerprint density at radius 2 is 1.88 bits per heavy atom. The van der Waals surface area contributed by atoms with Crippen LogP contribution in [0.1, 0.15) is 0 Å². The third-order valence-electron chi connectivity index (χ3n) is 3.82. The quantitative estimate of drug-likeness (QED) is 0.577. The number of halogens is 2. The lowest BCUT2D eigenvalue weighted by molar-refractivity contribution is 0.639. The second-order valence-corrected chi connectivity index (χ2v) is 5.70. The Bertz CT molecular complexity index is 1050. The number of pyridine rings is 2. The van der Waals surface area contributed by atoms with Crippen LogP contribution in [0.2, 0.25) is 5.02 Å². The molecule has 118 valence electrons. The maximum atomic E-state index is 13.9. The smallest absolute Gasteiger partial charge is 0.132 e. The SMILES string of the molecule is Nc1ncc(-c2cn[nH]c2)cc1-c1cc2c(Cl)ccc(F)c2cn1. The summed E-state index contributed by atoms with van der Waals surface area (Å²) in [5.74, 6) is -0.0340. The highest BCUT2D eigenvalue weighted by molar-refractivity contribution is 6.35. The van der Waals surface area contributed by atoms with Gasteiger partial charge in [-0.05, 0) is 24.3 Å². The molecule has 0 unspecified atom stereocenters. The molecule has 0 spiro atoms. The molecule has 0 atom stereocenters. The molecule has 0 aliphatic heterocycles. The Hall–Kier alpha value is -2.99. The topological polar surface area (TPSA) is 80.5 Å². The molecule has 4 aromatic rings. The Morgan fingerprint density at radius 3 is 2.67 bits per heavy atom. The monoisotopic (exact) mass is 339 g/mol. The van der Waals surface area contributed by atoms with Crippen LogP contribution in [0.4, 0.5) is 10.2 Å². The molecule has 3 N–H and O–H groups in total. The van der Waals surface area contributed by atoms with Gasteiger partial charge in [0.05, 0.1) is 11.9 Å². The summed E-state index contributed by atoms with van der Waals surface area (Å²) in [5.41, 5.74) is 8.96. The Balaban J connectivity index is 1.91. The molecule has 0 saturated carbocycles. The average Bonchev–Trinajstić information content (AvgIpc) is 3.13. The van der Waals surface area contributed by atoms with Gasteiger partial charge >= 0.3 is 0 Å². The summed E-state index contributed by atoms with van der Waals surface area (Å²) in [4.78, 5) is 8.54. The summed E-state index contributed by atoms with van der Waals surface area (Å²) >= 11 is 6.19. The summed E-state index contributed by atoms with van der Waals surface area (Å²) < 4.78 is 13.9. The standard InChI is InChI=1S/C17H11ClFN5/c18-14-1-2-15(19)13-8-21-16(4-11(13)14)12-3-9(5-22-17(12)20)10-6-23-24-7-10/h1-8H,(H2,20,22)(H,23,24). The number of nitrogen functional groups attached to an aromatic ring is 1. The first kappa shape index (κ1) is 14.6. The number of aromatic amines is 1. The zero-order valence-corrected chi connectivity index (χ0v) is 13.0. The maximum Gasteiger partial charge on any atom is 0.132 e. The van der Waals surface area contributed by atoms with Crippen LogP contribution in [0.5, 0.6) is 0 Å². The number of H-pyrrole nitrogens is 1. The zero-order valence-electron chi connectivity index (χ0n) is 12.3. The van der Waals surface area contributed by atoms with E-state index in [0.717, 1.165) is 11.1 Å². The zero-order chi connectivity index (χ0) is 16.7. The van der Waals surface area contributed by atoms with Gasteiger partial charge in [0, 0.05) is 51.1 Å². The van der Waals surface area contributed by atoms with Gasteiger partial charge in [-0.25, -0.2) is 9.37 Å². The Kier molecular flexibility index (Phi) is 3.39. The van der Waals surface area contributed by atoms with E-state index in [1.54, 1.807) is 24.7 Å². The molecule has 4 rings (SSSR count). The minimum absolute atomic E-state index is 0.335. The first-order valence-electron chi connectivity index (χ1n) is 7.12. The van der Waals surface area contributed by atoms with E-state index in [-0.39, 0.29) is 5.82 Å².